The number of carbonyl (C=O) groups excluding carboxylic acids is 2. The summed E-state index contributed by atoms with van der Waals surface area (Å²) in [5.41, 5.74) is 2.54. The number of nitrogens with zero attached hydrogens (tertiary/aromatic N) is 1. The van der Waals surface area contributed by atoms with E-state index in [1.807, 2.05) is 54.8 Å². The average molecular weight is 451 g/mol. The molecule has 0 saturated carbocycles. The SMILES string of the molecule is Cc1ccc(OCCCCN2C(=O)COc3ccc(NC(=O)Cc4cccs4)cc32)cc1. The van der Waals surface area contributed by atoms with Crippen LogP contribution in [-0.4, -0.2) is 31.6 Å². The van der Waals surface area contributed by atoms with E-state index in [2.05, 4.69) is 5.32 Å². The van der Waals surface area contributed by atoms with Gasteiger partial charge in [0.1, 0.15) is 11.5 Å². The summed E-state index contributed by atoms with van der Waals surface area (Å²) >= 11 is 1.55. The minimum atomic E-state index is -0.0877. The molecule has 7 heteroatoms. The van der Waals surface area contributed by atoms with E-state index in [1.165, 1.54) is 5.56 Å². The molecule has 0 saturated heterocycles. The third-order valence-electron chi connectivity index (χ3n) is 5.17. The lowest BCUT2D eigenvalue weighted by atomic mass is 10.2. The Morgan fingerprint density at radius 3 is 2.78 bits per heavy atom. The van der Waals surface area contributed by atoms with Crippen LogP contribution >= 0.6 is 11.3 Å². The van der Waals surface area contributed by atoms with E-state index in [1.54, 1.807) is 28.4 Å². The van der Waals surface area contributed by atoms with E-state index < -0.39 is 0 Å². The van der Waals surface area contributed by atoms with Gasteiger partial charge in [-0.15, -0.1) is 11.3 Å². The number of hydrogen-bond donors (Lipinski definition) is 1. The first-order chi connectivity index (χ1) is 15.6. The molecule has 1 aromatic heterocycles. The second-order valence-electron chi connectivity index (χ2n) is 7.69. The smallest absolute Gasteiger partial charge is 0.265 e. The molecule has 0 fully saturated rings. The Balaban J connectivity index is 1.33. The summed E-state index contributed by atoms with van der Waals surface area (Å²) in [5, 5.41) is 4.87. The minimum Gasteiger partial charge on any atom is -0.494 e. The number of unbranched alkanes of at least 4 members (excludes halogenated alkanes) is 1. The molecule has 2 amide bonds. The third kappa shape index (κ3) is 5.68. The molecule has 6 nitrogen and oxygen atoms in total. The Morgan fingerprint density at radius 2 is 2.00 bits per heavy atom. The van der Waals surface area contributed by atoms with Crippen LogP contribution in [0.25, 0.3) is 0 Å². The number of thiophene rings is 1. The molecule has 166 valence electrons. The number of aryl methyl sites for hydroxylation is 1. The van der Waals surface area contributed by atoms with Gasteiger partial charge in [-0.2, -0.15) is 0 Å². The first-order valence-corrected chi connectivity index (χ1v) is 11.6. The zero-order valence-corrected chi connectivity index (χ0v) is 18.8. The van der Waals surface area contributed by atoms with Crippen LogP contribution in [0, 0.1) is 6.92 Å². The van der Waals surface area contributed by atoms with Gasteiger partial charge in [-0.05, 0) is 61.5 Å². The molecule has 1 N–H and O–H groups in total. The van der Waals surface area contributed by atoms with Crippen molar-refractivity contribution in [2.75, 3.05) is 30.0 Å². The number of anilines is 2. The predicted molar refractivity (Wildman–Crippen MR) is 127 cm³/mol. The van der Waals surface area contributed by atoms with Crippen molar-refractivity contribution >= 4 is 34.5 Å². The van der Waals surface area contributed by atoms with Crippen molar-refractivity contribution in [3.8, 4) is 11.5 Å². The highest BCUT2D eigenvalue weighted by Gasteiger charge is 2.25. The fraction of sp³-hybridized carbons (Fsp3) is 0.280. The van der Waals surface area contributed by atoms with E-state index in [9.17, 15) is 9.59 Å². The number of ether oxygens (including phenoxy) is 2. The molecule has 0 bridgehead atoms. The Kier molecular flexibility index (Phi) is 7.07. The van der Waals surface area contributed by atoms with Gasteiger partial charge in [0.2, 0.25) is 5.91 Å². The number of carbonyl (C=O) groups is 2. The summed E-state index contributed by atoms with van der Waals surface area (Å²) in [6.45, 7) is 3.23. The van der Waals surface area contributed by atoms with Gasteiger partial charge in [-0.3, -0.25) is 9.59 Å². The minimum absolute atomic E-state index is 0.0248. The van der Waals surface area contributed by atoms with E-state index in [0.29, 0.717) is 36.7 Å². The van der Waals surface area contributed by atoms with Crippen LogP contribution < -0.4 is 19.7 Å². The zero-order chi connectivity index (χ0) is 22.3. The van der Waals surface area contributed by atoms with E-state index >= 15 is 0 Å². The molecular weight excluding hydrogens is 424 g/mol. The lowest BCUT2D eigenvalue weighted by Crippen LogP contribution is -2.39. The number of amides is 2. The van der Waals surface area contributed by atoms with Gasteiger partial charge < -0.3 is 19.7 Å². The highest BCUT2D eigenvalue weighted by atomic mass is 32.1. The first kappa shape index (κ1) is 21.9. The molecule has 4 rings (SSSR count). The molecule has 0 aliphatic carbocycles. The third-order valence-corrected chi connectivity index (χ3v) is 6.04. The Hall–Kier alpha value is -3.32. The van der Waals surface area contributed by atoms with Crippen LogP contribution in [0.4, 0.5) is 11.4 Å². The van der Waals surface area contributed by atoms with Crippen molar-refractivity contribution in [3.63, 3.8) is 0 Å². The summed E-state index contributed by atoms with van der Waals surface area (Å²) in [6, 6.07) is 17.3. The summed E-state index contributed by atoms with van der Waals surface area (Å²) in [5.74, 6) is 1.33. The Labute approximate surface area is 191 Å². The molecule has 32 heavy (non-hydrogen) atoms. The van der Waals surface area contributed by atoms with Crippen LogP contribution in [0.1, 0.15) is 23.3 Å². The molecule has 0 unspecified atom stereocenters. The topological polar surface area (TPSA) is 67.9 Å². The fourth-order valence-electron chi connectivity index (χ4n) is 3.50. The molecule has 0 atom stereocenters. The largest absolute Gasteiger partial charge is 0.494 e. The number of benzene rings is 2. The highest BCUT2D eigenvalue weighted by molar-refractivity contribution is 7.10. The van der Waals surface area contributed by atoms with Gasteiger partial charge in [0.05, 0.1) is 18.7 Å². The van der Waals surface area contributed by atoms with Crippen LogP contribution in [0.15, 0.2) is 60.0 Å². The number of nitrogens with one attached hydrogen (secondary N) is 1. The van der Waals surface area contributed by atoms with Crippen molar-refractivity contribution in [2.24, 2.45) is 0 Å². The average Bonchev–Trinajstić information content (AvgIpc) is 3.29. The van der Waals surface area contributed by atoms with E-state index in [4.69, 9.17) is 9.47 Å². The van der Waals surface area contributed by atoms with Crippen molar-refractivity contribution in [1.82, 2.24) is 0 Å². The molecule has 0 radical (unpaired) electrons. The molecule has 1 aliphatic heterocycles. The maximum Gasteiger partial charge on any atom is 0.265 e. The molecular formula is C25H26N2O4S. The number of rotatable bonds is 9. The maximum absolute atomic E-state index is 12.5. The van der Waals surface area contributed by atoms with Gasteiger partial charge >= 0.3 is 0 Å². The summed E-state index contributed by atoms with van der Waals surface area (Å²) < 4.78 is 11.4. The van der Waals surface area contributed by atoms with Crippen molar-refractivity contribution < 1.29 is 19.1 Å². The monoisotopic (exact) mass is 450 g/mol. The number of fused-ring (bicyclic) bond motifs is 1. The maximum atomic E-state index is 12.5. The van der Waals surface area contributed by atoms with Crippen molar-refractivity contribution in [1.29, 1.82) is 0 Å². The zero-order valence-electron chi connectivity index (χ0n) is 18.0. The lowest BCUT2D eigenvalue weighted by molar-refractivity contribution is -0.121. The number of hydrogen-bond acceptors (Lipinski definition) is 5. The lowest BCUT2D eigenvalue weighted by Gasteiger charge is -2.30. The standard InChI is InChI=1S/C25H26N2O4S/c1-18-6-9-20(10-7-18)30-13-3-2-12-27-22-15-19(8-11-23(22)31-17-25(27)29)26-24(28)16-21-5-4-14-32-21/h4-11,14-15H,2-3,12-13,16-17H2,1H3,(H,26,28). The van der Waals surface area contributed by atoms with Crippen LogP contribution in [0.3, 0.4) is 0 Å². The molecule has 0 spiro atoms. The van der Waals surface area contributed by atoms with E-state index in [0.717, 1.165) is 23.5 Å². The van der Waals surface area contributed by atoms with Crippen LogP contribution in [0.2, 0.25) is 0 Å². The van der Waals surface area contributed by atoms with Crippen LogP contribution in [0.5, 0.6) is 11.5 Å². The Bertz CT molecular complexity index is 1060. The Morgan fingerprint density at radius 1 is 1.16 bits per heavy atom. The van der Waals surface area contributed by atoms with Gasteiger partial charge in [0, 0.05) is 17.1 Å². The van der Waals surface area contributed by atoms with Crippen molar-refractivity contribution in [2.45, 2.75) is 26.2 Å². The molecule has 2 aromatic carbocycles. The molecule has 1 aliphatic rings. The van der Waals surface area contributed by atoms with Gasteiger partial charge in [-0.1, -0.05) is 23.8 Å². The summed E-state index contributed by atoms with van der Waals surface area (Å²) in [6.07, 6.45) is 1.95. The van der Waals surface area contributed by atoms with Gasteiger partial charge in [0.15, 0.2) is 6.61 Å². The second-order valence-corrected chi connectivity index (χ2v) is 8.72. The highest BCUT2D eigenvalue weighted by Crippen LogP contribution is 2.35. The van der Waals surface area contributed by atoms with Crippen molar-refractivity contribution in [3.05, 3.63) is 70.4 Å². The summed E-state index contributed by atoms with van der Waals surface area (Å²) in [7, 11) is 0. The molecule has 2 heterocycles. The first-order valence-electron chi connectivity index (χ1n) is 10.7. The fourth-order valence-corrected chi connectivity index (χ4v) is 4.20. The summed E-state index contributed by atoms with van der Waals surface area (Å²) in [4.78, 5) is 27.6. The van der Waals surface area contributed by atoms with Crippen LogP contribution in [-0.2, 0) is 16.0 Å². The predicted octanol–water partition coefficient (Wildman–Crippen LogP) is 4.82. The molecule has 3 aromatic rings. The second kappa shape index (κ2) is 10.3. The van der Waals surface area contributed by atoms with Gasteiger partial charge in [-0.25, -0.2) is 0 Å². The normalized spacial score (nSPS) is 12.8. The quantitative estimate of drug-likeness (QED) is 0.475. The van der Waals surface area contributed by atoms with Gasteiger partial charge in [0.25, 0.3) is 5.91 Å². The van der Waals surface area contributed by atoms with E-state index in [-0.39, 0.29) is 18.4 Å².